The van der Waals surface area contributed by atoms with Gasteiger partial charge in [0.1, 0.15) is 0 Å². The van der Waals surface area contributed by atoms with E-state index in [0.29, 0.717) is 5.96 Å². The summed E-state index contributed by atoms with van der Waals surface area (Å²) in [5, 5.41) is 3.17. The van der Waals surface area contributed by atoms with Gasteiger partial charge in [0.25, 0.3) is 0 Å². The van der Waals surface area contributed by atoms with E-state index in [2.05, 4.69) is 21.8 Å². The van der Waals surface area contributed by atoms with Gasteiger partial charge in [-0.1, -0.05) is 12.1 Å². The summed E-state index contributed by atoms with van der Waals surface area (Å²) in [5.74, 6) is 5.99. The van der Waals surface area contributed by atoms with Crippen LogP contribution < -0.4 is 16.6 Å². The lowest BCUT2D eigenvalue weighted by Gasteiger charge is -2.12. The summed E-state index contributed by atoms with van der Waals surface area (Å²) in [6.45, 7) is 4.00. The zero-order chi connectivity index (χ0) is 12.0. The average Bonchev–Trinajstić information content (AvgIpc) is 2.28. The standard InChI is InChI=1S/C11H18N4S/c1-8(2)13-11(15-12)14-9-6-4-5-7-10(9)16-3/h4-8H,12H2,1-3H3,(H2,13,14,15). The average molecular weight is 238 g/mol. The van der Waals surface area contributed by atoms with E-state index in [4.69, 9.17) is 5.84 Å². The van der Waals surface area contributed by atoms with E-state index in [1.165, 1.54) is 0 Å². The number of guanidine groups is 1. The summed E-state index contributed by atoms with van der Waals surface area (Å²) in [6.07, 6.45) is 2.04. The van der Waals surface area contributed by atoms with Gasteiger partial charge in [-0.15, -0.1) is 11.8 Å². The van der Waals surface area contributed by atoms with Crippen LogP contribution in [-0.4, -0.2) is 18.3 Å². The highest BCUT2D eigenvalue weighted by molar-refractivity contribution is 7.98. The molecule has 0 aromatic heterocycles. The summed E-state index contributed by atoms with van der Waals surface area (Å²) >= 11 is 1.68. The van der Waals surface area contributed by atoms with Gasteiger partial charge in [0.15, 0.2) is 0 Å². The first-order valence-electron chi connectivity index (χ1n) is 5.11. The lowest BCUT2D eigenvalue weighted by Crippen LogP contribution is -2.37. The Hall–Kier alpha value is -1.20. The second kappa shape index (κ2) is 6.40. The Labute approximate surface area is 101 Å². The van der Waals surface area contributed by atoms with Crippen molar-refractivity contribution < 1.29 is 0 Å². The fourth-order valence-electron chi connectivity index (χ4n) is 1.24. The first-order valence-corrected chi connectivity index (χ1v) is 6.34. The number of hydrogen-bond acceptors (Lipinski definition) is 3. The summed E-state index contributed by atoms with van der Waals surface area (Å²) in [5.41, 5.74) is 3.57. The van der Waals surface area contributed by atoms with Gasteiger partial charge in [-0.2, -0.15) is 0 Å². The van der Waals surface area contributed by atoms with Gasteiger partial charge in [-0.05, 0) is 32.2 Å². The van der Waals surface area contributed by atoms with Crippen LogP contribution in [0.4, 0.5) is 5.69 Å². The first kappa shape index (κ1) is 12.9. The Morgan fingerprint density at radius 2 is 2.06 bits per heavy atom. The predicted molar refractivity (Wildman–Crippen MR) is 71.7 cm³/mol. The Morgan fingerprint density at radius 1 is 1.38 bits per heavy atom. The minimum absolute atomic E-state index is 0.194. The van der Waals surface area contributed by atoms with Crippen molar-refractivity contribution in [3.8, 4) is 0 Å². The van der Waals surface area contributed by atoms with Gasteiger partial charge in [0, 0.05) is 10.9 Å². The SMILES string of the molecule is CSc1ccccc1NC(=NC(C)C)NN. The maximum absolute atomic E-state index is 5.41. The number of nitrogens with two attached hydrogens (primary N) is 1. The molecule has 0 fully saturated rings. The molecule has 1 rings (SSSR count). The van der Waals surface area contributed by atoms with E-state index < -0.39 is 0 Å². The molecular weight excluding hydrogens is 220 g/mol. The highest BCUT2D eigenvalue weighted by Gasteiger charge is 2.03. The van der Waals surface area contributed by atoms with Crippen LogP contribution in [0.5, 0.6) is 0 Å². The van der Waals surface area contributed by atoms with Crippen molar-refractivity contribution in [1.29, 1.82) is 0 Å². The molecule has 0 saturated heterocycles. The number of para-hydroxylation sites is 1. The van der Waals surface area contributed by atoms with Gasteiger partial charge in [-0.3, -0.25) is 5.43 Å². The van der Waals surface area contributed by atoms with E-state index in [1.54, 1.807) is 11.8 Å². The van der Waals surface area contributed by atoms with E-state index in [1.807, 2.05) is 38.3 Å². The molecule has 1 aromatic carbocycles. The van der Waals surface area contributed by atoms with Crippen LogP contribution in [0, 0.1) is 0 Å². The van der Waals surface area contributed by atoms with Crippen molar-refractivity contribution in [3.05, 3.63) is 24.3 Å². The lowest BCUT2D eigenvalue weighted by molar-refractivity contribution is 0.818. The number of benzene rings is 1. The van der Waals surface area contributed by atoms with Gasteiger partial charge in [-0.25, -0.2) is 10.8 Å². The van der Waals surface area contributed by atoms with E-state index in [-0.39, 0.29) is 6.04 Å². The van der Waals surface area contributed by atoms with Gasteiger partial charge >= 0.3 is 0 Å². The molecule has 0 amide bonds. The zero-order valence-corrected chi connectivity index (χ0v) is 10.6. The van der Waals surface area contributed by atoms with Crippen molar-refractivity contribution in [2.45, 2.75) is 24.8 Å². The maximum Gasteiger partial charge on any atom is 0.210 e. The van der Waals surface area contributed by atoms with E-state index >= 15 is 0 Å². The van der Waals surface area contributed by atoms with Crippen LogP contribution in [-0.2, 0) is 0 Å². The van der Waals surface area contributed by atoms with Crippen LogP contribution in [0.2, 0.25) is 0 Å². The fraction of sp³-hybridized carbons (Fsp3) is 0.364. The number of hydrazine groups is 1. The normalized spacial score (nSPS) is 11.7. The molecule has 5 heteroatoms. The van der Waals surface area contributed by atoms with Crippen molar-refractivity contribution in [3.63, 3.8) is 0 Å². The molecule has 1 aromatic rings. The molecule has 4 N–H and O–H groups in total. The molecule has 0 spiro atoms. The highest BCUT2D eigenvalue weighted by Crippen LogP contribution is 2.24. The third-order valence-electron chi connectivity index (χ3n) is 1.88. The van der Waals surface area contributed by atoms with Crippen LogP contribution >= 0.6 is 11.8 Å². The Bertz CT molecular complexity index is 363. The summed E-state index contributed by atoms with van der Waals surface area (Å²) in [7, 11) is 0. The third-order valence-corrected chi connectivity index (χ3v) is 2.68. The lowest BCUT2D eigenvalue weighted by atomic mass is 10.3. The Balaban J connectivity index is 2.85. The molecule has 0 aliphatic carbocycles. The molecular formula is C11H18N4S. The van der Waals surface area contributed by atoms with Gasteiger partial charge in [0.05, 0.1) is 5.69 Å². The number of rotatable bonds is 3. The topological polar surface area (TPSA) is 62.4 Å². The molecule has 0 heterocycles. The molecule has 0 unspecified atom stereocenters. The fourth-order valence-corrected chi connectivity index (χ4v) is 1.79. The minimum Gasteiger partial charge on any atom is -0.324 e. The van der Waals surface area contributed by atoms with Crippen LogP contribution in [0.3, 0.4) is 0 Å². The van der Waals surface area contributed by atoms with Crippen molar-refractivity contribution >= 4 is 23.4 Å². The number of thioether (sulfide) groups is 1. The number of aliphatic imine (C=N–C) groups is 1. The molecule has 0 aliphatic heterocycles. The first-order chi connectivity index (χ1) is 7.67. The van der Waals surface area contributed by atoms with E-state index in [0.717, 1.165) is 10.6 Å². The van der Waals surface area contributed by atoms with Crippen molar-refractivity contribution in [2.24, 2.45) is 10.8 Å². The van der Waals surface area contributed by atoms with Gasteiger partial charge < -0.3 is 5.32 Å². The quantitative estimate of drug-likeness (QED) is 0.248. The Kier molecular flexibility index (Phi) is 5.14. The summed E-state index contributed by atoms with van der Waals surface area (Å²) in [6, 6.07) is 8.23. The molecule has 0 aliphatic rings. The molecule has 0 atom stereocenters. The molecule has 0 bridgehead atoms. The van der Waals surface area contributed by atoms with Crippen LogP contribution in [0.1, 0.15) is 13.8 Å². The zero-order valence-electron chi connectivity index (χ0n) is 9.82. The van der Waals surface area contributed by atoms with Crippen LogP contribution in [0.25, 0.3) is 0 Å². The maximum atomic E-state index is 5.41. The largest absolute Gasteiger partial charge is 0.324 e. The second-order valence-electron chi connectivity index (χ2n) is 3.54. The molecule has 16 heavy (non-hydrogen) atoms. The molecule has 88 valence electrons. The predicted octanol–water partition coefficient (Wildman–Crippen LogP) is 2.05. The summed E-state index contributed by atoms with van der Waals surface area (Å²) < 4.78 is 0. The smallest absolute Gasteiger partial charge is 0.210 e. The number of hydrogen-bond donors (Lipinski definition) is 3. The minimum atomic E-state index is 0.194. The molecule has 4 nitrogen and oxygen atoms in total. The van der Waals surface area contributed by atoms with Crippen molar-refractivity contribution in [1.82, 2.24) is 5.43 Å². The number of anilines is 1. The molecule has 0 saturated carbocycles. The van der Waals surface area contributed by atoms with Gasteiger partial charge in [0.2, 0.25) is 5.96 Å². The van der Waals surface area contributed by atoms with E-state index in [9.17, 15) is 0 Å². The number of nitrogens with one attached hydrogen (secondary N) is 2. The highest BCUT2D eigenvalue weighted by atomic mass is 32.2. The second-order valence-corrected chi connectivity index (χ2v) is 4.39. The van der Waals surface area contributed by atoms with Crippen LogP contribution in [0.15, 0.2) is 34.2 Å². The number of nitrogens with zero attached hydrogens (tertiary/aromatic N) is 1. The summed E-state index contributed by atoms with van der Waals surface area (Å²) in [4.78, 5) is 5.49. The Morgan fingerprint density at radius 3 is 2.62 bits per heavy atom. The monoisotopic (exact) mass is 238 g/mol. The third kappa shape index (κ3) is 3.75. The molecule has 0 radical (unpaired) electrons. The van der Waals surface area contributed by atoms with Crippen molar-refractivity contribution in [2.75, 3.05) is 11.6 Å².